The summed E-state index contributed by atoms with van der Waals surface area (Å²) in [6.45, 7) is 5.54. The minimum Gasteiger partial charge on any atom is -0.508 e. The zero-order valence-electron chi connectivity index (χ0n) is 38.6. The lowest BCUT2D eigenvalue weighted by Crippen LogP contribution is -2.61. The zero-order valence-corrected chi connectivity index (χ0v) is 39.4. The lowest BCUT2D eigenvalue weighted by atomic mass is 9.96. The molecule has 376 valence electrons. The summed E-state index contributed by atoms with van der Waals surface area (Å²) in [6, 6.07) is -3.44. The number of phenolic OH excluding ortho intramolecular Hbond substituents is 1. The van der Waals surface area contributed by atoms with Gasteiger partial charge in [0, 0.05) is 47.6 Å². The minimum atomic E-state index is -1.86. The third-order valence-corrected chi connectivity index (χ3v) is 12.6. The summed E-state index contributed by atoms with van der Waals surface area (Å²) < 4.78 is 13.5. The first-order valence-electron chi connectivity index (χ1n) is 22.4. The Morgan fingerprint density at radius 2 is 1.40 bits per heavy atom. The van der Waals surface area contributed by atoms with Gasteiger partial charge in [0.05, 0.1) is 19.5 Å². The highest BCUT2D eigenvalue weighted by Gasteiger charge is 2.40. The number of benzene rings is 1. The second kappa shape index (κ2) is 26.6. The number of nitrogens with one attached hydrogen (secondary N) is 7. The normalized spacial score (nSPS) is 23.2. The molecule has 0 bridgehead atoms. The number of carbonyl (C=O) groups is 11. The molecule has 1 aromatic carbocycles. The highest BCUT2D eigenvalue weighted by molar-refractivity contribution is 7.85. The van der Waals surface area contributed by atoms with Gasteiger partial charge in [-0.1, -0.05) is 46.2 Å². The minimum absolute atomic E-state index is 0.0556. The van der Waals surface area contributed by atoms with Crippen molar-refractivity contribution in [1.29, 1.82) is 0 Å². The maximum Gasteiger partial charge on any atom is 0.245 e. The van der Waals surface area contributed by atoms with Crippen molar-refractivity contribution in [2.45, 2.75) is 128 Å². The molecule has 8 unspecified atom stereocenters. The smallest absolute Gasteiger partial charge is 0.245 e. The van der Waals surface area contributed by atoms with E-state index < -0.39 is 162 Å². The van der Waals surface area contributed by atoms with Crippen LogP contribution in [0.4, 0.5) is 0 Å². The Bertz CT molecular complexity index is 2070. The molecule has 24 nitrogen and oxygen atoms in total. The summed E-state index contributed by atoms with van der Waals surface area (Å²) in [5.41, 5.74) is 16.5. The first-order chi connectivity index (χ1) is 32.0. The van der Waals surface area contributed by atoms with E-state index in [0.29, 0.717) is 24.8 Å². The molecule has 0 radical (unpaired) electrons. The van der Waals surface area contributed by atoms with Crippen LogP contribution in [0.1, 0.15) is 84.6 Å². The first-order valence-corrected chi connectivity index (χ1v) is 23.8. The molecule has 11 amide bonds. The number of hydrogen-bond acceptors (Lipinski definition) is 13. The maximum absolute atomic E-state index is 14.4. The van der Waals surface area contributed by atoms with Crippen molar-refractivity contribution in [3.8, 4) is 5.75 Å². The lowest BCUT2D eigenvalue weighted by Gasteiger charge is -2.30. The van der Waals surface area contributed by atoms with Gasteiger partial charge in [0.2, 0.25) is 65.0 Å². The summed E-state index contributed by atoms with van der Waals surface area (Å²) in [7, 11) is -1.86. The van der Waals surface area contributed by atoms with Gasteiger partial charge in [-0.3, -0.25) is 56.9 Å². The standard InChI is InChI=1S/C43H65N11O13S/c1-5-23(4)37-42(65)49-27(12-13-31(44)56)38(61)51-30(19-32(45)57)39(62)50-28(43(66)54(25-8-9-25)21-35(60)52-36(22(2)3)41(64)47-20-33(46)58)14-16-68(67)17-15-34(59)48-29(40(63)53-37)18-24-6-10-26(55)11-7-24/h6-7,10-11,22-23,25,27-30,36-37,55H,5,8-9,12-21H2,1-4H3,(H2,44,56)(H2,45,57)(H2,46,58)(H,47,64)(H,48,59)(H,49,65)(H,50,62)(H,51,61)(H,52,60)(H,53,63). The number of aromatic hydroxyl groups is 1. The second-order valence-electron chi connectivity index (χ2n) is 17.3. The van der Waals surface area contributed by atoms with Gasteiger partial charge in [0.15, 0.2) is 0 Å². The van der Waals surface area contributed by atoms with Crippen molar-refractivity contribution in [3.05, 3.63) is 29.8 Å². The number of phenols is 1. The molecule has 1 aromatic rings. The number of rotatable bonds is 18. The van der Waals surface area contributed by atoms with Gasteiger partial charge in [-0.2, -0.15) is 0 Å². The molecule has 1 saturated heterocycles. The average Bonchev–Trinajstić information content (AvgIpc) is 4.12. The SMILES string of the molecule is CCC(C)C1NC(=O)C(Cc2ccc(O)cc2)NC(=O)CCS(=O)CCC(C(=O)N(CC(=O)NC(C(=O)NCC(N)=O)C(C)C)C2CC2)NC(=O)C(CC(N)=O)NC(=O)C(CCC(N)=O)NC1=O. The van der Waals surface area contributed by atoms with Crippen LogP contribution >= 0.6 is 0 Å². The highest BCUT2D eigenvalue weighted by Crippen LogP contribution is 2.28. The summed E-state index contributed by atoms with van der Waals surface area (Å²) in [6.07, 6.45) is -1.28. The molecule has 2 aliphatic rings. The van der Waals surface area contributed by atoms with E-state index >= 15 is 0 Å². The van der Waals surface area contributed by atoms with E-state index in [4.69, 9.17) is 17.2 Å². The fraction of sp³-hybridized carbons (Fsp3) is 0.605. The van der Waals surface area contributed by atoms with Crippen molar-refractivity contribution >= 4 is 75.8 Å². The van der Waals surface area contributed by atoms with Gasteiger partial charge >= 0.3 is 0 Å². The number of nitrogens with two attached hydrogens (primary N) is 3. The second-order valence-corrected chi connectivity index (χ2v) is 19.0. The summed E-state index contributed by atoms with van der Waals surface area (Å²) >= 11 is 0. The van der Waals surface area contributed by atoms with Gasteiger partial charge in [-0.15, -0.1) is 0 Å². The van der Waals surface area contributed by atoms with E-state index in [0.717, 1.165) is 4.90 Å². The van der Waals surface area contributed by atoms with Crippen molar-refractivity contribution in [2.75, 3.05) is 24.6 Å². The van der Waals surface area contributed by atoms with Crippen LogP contribution in [0.3, 0.4) is 0 Å². The topological polar surface area (TPSA) is 391 Å². The Kier molecular flexibility index (Phi) is 21.8. The monoisotopic (exact) mass is 975 g/mol. The van der Waals surface area contributed by atoms with E-state index in [9.17, 15) is 62.1 Å². The van der Waals surface area contributed by atoms with E-state index in [2.05, 4.69) is 37.2 Å². The Hall–Kier alpha value is -6.66. The average molecular weight is 976 g/mol. The summed E-state index contributed by atoms with van der Waals surface area (Å²) in [5.74, 6) is -11.4. The quantitative estimate of drug-likeness (QED) is 0.0666. The molecule has 2 fully saturated rings. The van der Waals surface area contributed by atoms with Crippen molar-refractivity contribution < 1.29 is 62.1 Å². The van der Waals surface area contributed by atoms with Crippen molar-refractivity contribution in [2.24, 2.45) is 29.0 Å². The maximum atomic E-state index is 14.4. The van der Waals surface area contributed by atoms with E-state index in [1.807, 2.05) is 0 Å². The Labute approximate surface area is 395 Å². The molecule has 68 heavy (non-hydrogen) atoms. The Morgan fingerprint density at radius 1 is 0.779 bits per heavy atom. The fourth-order valence-electron chi connectivity index (χ4n) is 7.05. The molecule has 8 atom stereocenters. The fourth-order valence-corrected chi connectivity index (χ4v) is 8.17. The Morgan fingerprint density at radius 3 is 1.97 bits per heavy atom. The molecule has 1 heterocycles. The van der Waals surface area contributed by atoms with E-state index in [1.165, 1.54) is 24.3 Å². The van der Waals surface area contributed by atoms with E-state index in [-0.39, 0.29) is 36.5 Å². The van der Waals surface area contributed by atoms with Crippen molar-refractivity contribution in [3.63, 3.8) is 0 Å². The number of nitrogens with zero attached hydrogens (tertiary/aromatic N) is 1. The molecule has 1 aliphatic carbocycles. The molecule has 1 aliphatic heterocycles. The molecule has 0 spiro atoms. The van der Waals surface area contributed by atoms with Crippen molar-refractivity contribution in [1.82, 2.24) is 42.1 Å². The first kappa shape index (κ1) is 55.7. The van der Waals surface area contributed by atoms with Crippen LogP contribution in [0.15, 0.2) is 24.3 Å². The molecular formula is C43H65N11O13S. The predicted octanol–water partition coefficient (Wildman–Crippen LogP) is -4.18. The van der Waals surface area contributed by atoms with Crippen LogP contribution in [0.25, 0.3) is 0 Å². The number of hydrogen-bond donors (Lipinski definition) is 11. The highest BCUT2D eigenvalue weighted by atomic mass is 32.2. The summed E-state index contributed by atoms with van der Waals surface area (Å²) in [4.78, 5) is 147. The van der Waals surface area contributed by atoms with Crippen LogP contribution in [0.5, 0.6) is 5.75 Å². The number of carbonyl (C=O) groups excluding carboxylic acids is 11. The van der Waals surface area contributed by atoms with Gasteiger partial charge in [-0.25, -0.2) is 0 Å². The third kappa shape index (κ3) is 18.6. The molecule has 0 aromatic heterocycles. The molecule has 1 saturated carbocycles. The number of primary amides is 3. The van der Waals surface area contributed by atoms with Gasteiger partial charge < -0.3 is 64.4 Å². The third-order valence-electron chi connectivity index (χ3n) is 11.3. The van der Waals surface area contributed by atoms with Gasteiger partial charge in [0.25, 0.3) is 0 Å². The van der Waals surface area contributed by atoms with Crippen LogP contribution in [-0.4, -0.2) is 146 Å². The molecule has 3 rings (SSSR count). The largest absolute Gasteiger partial charge is 0.508 e. The van der Waals surface area contributed by atoms with Crippen LogP contribution < -0.4 is 54.4 Å². The zero-order chi connectivity index (χ0) is 50.8. The predicted molar refractivity (Wildman–Crippen MR) is 244 cm³/mol. The van der Waals surface area contributed by atoms with Crippen LogP contribution in [0, 0.1) is 11.8 Å². The molecule has 25 heteroatoms. The lowest BCUT2D eigenvalue weighted by molar-refractivity contribution is -0.141. The number of amides is 11. The molecule has 14 N–H and O–H groups in total. The van der Waals surface area contributed by atoms with Crippen LogP contribution in [-0.2, 0) is 70.0 Å². The Balaban J connectivity index is 2.05. The van der Waals surface area contributed by atoms with Gasteiger partial charge in [-0.05, 0) is 55.2 Å². The van der Waals surface area contributed by atoms with Crippen LogP contribution in [0.2, 0.25) is 0 Å². The van der Waals surface area contributed by atoms with E-state index in [1.54, 1.807) is 27.7 Å². The summed E-state index contributed by atoms with van der Waals surface area (Å²) in [5, 5.41) is 27.4. The molecular weight excluding hydrogens is 911 g/mol. The van der Waals surface area contributed by atoms with Gasteiger partial charge in [0.1, 0.15) is 42.0 Å².